The van der Waals surface area contributed by atoms with Gasteiger partial charge in [0.05, 0.1) is 16.8 Å². The molecule has 1 saturated heterocycles. The first-order valence-corrected chi connectivity index (χ1v) is 10.4. The molecule has 1 heterocycles. The van der Waals surface area contributed by atoms with Gasteiger partial charge >= 0.3 is 6.03 Å². The van der Waals surface area contributed by atoms with Gasteiger partial charge in [-0.05, 0) is 38.3 Å². The second kappa shape index (κ2) is 7.65. The van der Waals surface area contributed by atoms with E-state index in [1.165, 1.54) is 12.1 Å². The van der Waals surface area contributed by atoms with Crippen LogP contribution in [0.2, 0.25) is 5.02 Å². The number of carbonyl (C=O) groups is 1. The molecule has 1 aromatic carbocycles. The van der Waals surface area contributed by atoms with Gasteiger partial charge in [0.2, 0.25) is 10.0 Å². The third-order valence-corrected chi connectivity index (χ3v) is 7.17. The van der Waals surface area contributed by atoms with Crippen LogP contribution in [0, 0.1) is 0 Å². The molecule has 2 unspecified atom stereocenters. The van der Waals surface area contributed by atoms with Gasteiger partial charge in [0.15, 0.2) is 5.75 Å². The standard InChI is InChI=1S/C17H21ClFN3O4S/c1-10-3-2-4-13(10)20-17(24)21-14-6-5-12(18)16(15(14)23)27(25,26)22-8-7-11(19)9-22/h3,5-6,11,13,23H,2,4,7-9H2,1H3,(H2,20,21,24). The first-order chi connectivity index (χ1) is 12.7. The lowest BCUT2D eigenvalue weighted by atomic mass is 10.2. The minimum absolute atomic E-state index is 0.00467. The van der Waals surface area contributed by atoms with Gasteiger partial charge in [0.1, 0.15) is 11.1 Å². The molecule has 2 amide bonds. The minimum atomic E-state index is -4.19. The Labute approximate surface area is 162 Å². The average Bonchev–Trinajstić information content (AvgIpc) is 3.19. The summed E-state index contributed by atoms with van der Waals surface area (Å²) in [7, 11) is -4.19. The summed E-state index contributed by atoms with van der Waals surface area (Å²) in [5.41, 5.74) is 0.953. The van der Waals surface area contributed by atoms with E-state index in [1.54, 1.807) is 0 Å². The van der Waals surface area contributed by atoms with Crippen LogP contribution in [-0.2, 0) is 10.0 Å². The Hall–Kier alpha value is -1.84. The molecule has 0 spiro atoms. The van der Waals surface area contributed by atoms with Gasteiger partial charge in [-0.15, -0.1) is 0 Å². The molecule has 148 valence electrons. The summed E-state index contributed by atoms with van der Waals surface area (Å²) in [6, 6.07) is 1.91. The number of aromatic hydroxyl groups is 1. The molecular weight excluding hydrogens is 397 g/mol. The van der Waals surface area contributed by atoms with Crippen LogP contribution in [0.15, 0.2) is 28.7 Å². The lowest BCUT2D eigenvalue weighted by molar-refractivity contribution is 0.249. The van der Waals surface area contributed by atoms with Gasteiger partial charge in [-0.2, -0.15) is 4.31 Å². The molecule has 3 N–H and O–H groups in total. The van der Waals surface area contributed by atoms with Crippen molar-refractivity contribution in [2.75, 3.05) is 18.4 Å². The zero-order chi connectivity index (χ0) is 19.8. The molecule has 1 fully saturated rings. The van der Waals surface area contributed by atoms with E-state index in [0.717, 1.165) is 22.7 Å². The van der Waals surface area contributed by atoms with E-state index in [9.17, 15) is 22.7 Å². The van der Waals surface area contributed by atoms with E-state index in [4.69, 9.17) is 11.6 Å². The first kappa shape index (κ1) is 19.9. The molecule has 10 heteroatoms. The second-order valence-electron chi connectivity index (χ2n) is 6.70. The Kier molecular flexibility index (Phi) is 5.64. The predicted molar refractivity (Wildman–Crippen MR) is 100 cm³/mol. The van der Waals surface area contributed by atoms with E-state index in [1.807, 2.05) is 13.0 Å². The third-order valence-electron chi connectivity index (χ3n) is 4.80. The third kappa shape index (κ3) is 4.04. The number of halogens is 2. The van der Waals surface area contributed by atoms with Gasteiger partial charge in [-0.1, -0.05) is 23.3 Å². The van der Waals surface area contributed by atoms with Crippen molar-refractivity contribution in [2.45, 2.75) is 43.3 Å². The van der Waals surface area contributed by atoms with E-state index in [-0.39, 0.29) is 36.3 Å². The number of nitrogens with zero attached hydrogens (tertiary/aromatic N) is 1. The number of hydrogen-bond acceptors (Lipinski definition) is 4. The lowest BCUT2D eigenvalue weighted by Gasteiger charge is -2.20. The Morgan fingerprint density at radius 1 is 1.37 bits per heavy atom. The first-order valence-electron chi connectivity index (χ1n) is 8.60. The van der Waals surface area contributed by atoms with Crippen LogP contribution in [0.4, 0.5) is 14.9 Å². The van der Waals surface area contributed by atoms with Gasteiger partial charge in [0.25, 0.3) is 0 Å². The van der Waals surface area contributed by atoms with Crippen molar-refractivity contribution in [3.05, 3.63) is 28.8 Å². The van der Waals surface area contributed by atoms with Crippen molar-refractivity contribution in [3.63, 3.8) is 0 Å². The van der Waals surface area contributed by atoms with Gasteiger partial charge in [-0.3, -0.25) is 0 Å². The molecule has 0 bridgehead atoms. The van der Waals surface area contributed by atoms with Crippen LogP contribution >= 0.6 is 11.6 Å². The fourth-order valence-electron chi connectivity index (χ4n) is 3.28. The number of carbonyl (C=O) groups excluding carboxylic acids is 1. The van der Waals surface area contributed by atoms with Crippen molar-refractivity contribution in [2.24, 2.45) is 0 Å². The lowest BCUT2D eigenvalue weighted by Crippen LogP contribution is -2.37. The number of phenols is 1. The number of allylic oxidation sites excluding steroid dienone is 1. The Balaban J connectivity index is 1.83. The molecular formula is C17H21ClFN3O4S. The highest BCUT2D eigenvalue weighted by Crippen LogP contribution is 2.39. The van der Waals surface area contributed by atoms with Gasteiger partial charge in [0, 0.05) is 13.1 Å². The predicted octanol–water partition coefficient (Wildman–Crippen LogP) is 3.01. The number of phenolic OH excluding ortho intramolecular Hbond substituents is 1. The number of anilines is 1. The second-order valence-corrected chi connectivity index (χ2v) is 8.98. The van der Waals surface area contributed by atoms with E-state index in [2.05, 4.69) is 10.6 Å². The molecule has 0 saturated carbocycles. The maximum Gasteiger partial charge on any atom is 0.319 e. The van der Waals surface area contributed by atoms with Crippen LogP contribution in [0.5, 0.6) is 5.75 Å². The number of hydrogen-bond donors (Lipinski definition) is 3. The van der Waals surface area contributed by atoms with E-state index < -0.39 is 32.9 Å². The summed E-state index contributed by atoms with van der Waals surface area (Å²) < 4.78 is 39.9. The molecule has 0 radical (unpaired) electrons. The van der Waals surface area contributed by atoms with Crippen molar-refractivity contribution in [1.29, 1.82) is 0 Å². The van der Waals surface area contributed by atoms with Gasteiger partial charge < -0.3 is 15.7 Å². The summed E-state index contributed by atoms with van der Waals surface area (Å²) in [4.78, 5) is 11.7. The zero-order valence-electron chi connectivity index (χ0n) is 14.7. The molecule has 1 aliphatic heterocycles. The molecule has 7 nitrogen and oxygen atoms in total. The Bertz CT molecular complexity index is 890. The number of nitrogens with one attached hydrogen (secondary N) is 2. The highest BCUT2D eigenvalue weighted by Gasteiger charge is 2.36. The van der Waals surface area contributed by atoms with Gasteiger partial charge in [-0.25, -0.2) is 17.6 Å². The Morgan fingerprint density at radius 3 is 2.70 bits per heavy atom. The summed E-state index contributed by atoms with van der Waals surface area (Å²) in [5, 5.41) is 15.5. The number of amides is 2. The van der Waals surface area contributed by atoms with E-state index in [0.29, 0.717) is 0 Å². The molecule has 2 aliphatic rings. The smallest absolute Gasteiger partial charge is 0.319 e. The monoisotopic (exact) mass is 417 g/mol. The summed E-state index contributed by atoms with van der Waals surface area (Å²) in [5.74, 6) is -0.668. The normalized spacial score (nSPS) is 23.3. The number of benzene rings is 1. The number of sulfonamides is 1. The number of alkyl halides is 1. The highest BCUT2D eigenvalue weighted by molar-refractivity contribution is 7.89. The van der Waals surface area contributed by atoms with Crippen LogP contribution < -0.4 is 10.6 Å². The number of urea groups is 1. The molecule has 3 rings (SSSR count). The van der Waals surface area contributed by atoms with E-state index >= 15 is 0 Å². The molecule has 1 aliphatic carbocycles. The quantitative estimate of drug-likeness (QED) is 0.518. The molecule has 0 aromatic heterocycles. The van der Waals surface area contributed by atoms with Crippen molar-refractivity contribution >= 4 is 33.3 Å². The maximum absolute atomic E-state index is 13.4. The summed E-state index contributed by atoms with van der Waals surface area (Å²) in [6.45, 7) is 1.63. The minimum Gasteiger partial charge on any atom is -0.504 e. The SMILES string of the molecule is CC1=CCCC1NC(=O)Nc1ccc(Cl)c(S(=O)(=O)N2CCC(F)C2)c1O. The zero-order valence-corrected chi connectivity index (χ0v) is 16.3. The van der Waals surface area contributed by atoms with Crippen LogP contribution in [0.25, 0.3) is 0 Å². The maximum atomic E-state index is 13.4. The van der Waals surface area contributed by atoms with Crippen LogP contribution in [-0.4, -0.2) is 49.2 Å². The highest BCUT2D eigenvalue weighted by atomic mass is 35.5. The fraction of sp³-hybridized carbons (Fsp3) is 0.471. The average molecular weight is 418 g/mol. The molecule has 1 aromatic rings. The number of rotatable bonds is 4. The van der Waals surface area contributed by atoms with Crippen molar-refractivity contribution in [3.8, 4) is 5.75 Å². The largest absolute Gasteiger partial charge is 0.504 e. The summed E-state index contributed by atoms with van der Waals surface area (Å²) in [6.07, 6.45) is 2.52. The fourth-order valence-corrected chi connectivity index (χ4v) is 5.35. The van der Waals surface area contributed by atoms with Crippen LogP contribution in [0.1, 0.15) is 26.2 Å². The van der Waals surface area contributed by atoms with Crippen molar-refractivity contribution in [1.82, 2.24) is 9.62 Å². The summed E-state index contributed by atoms with van der Waals surface area (Å²) >= 11 is 6.00. The van der Waals surface area contributed by atoms with Crippen LogP contribution in [0.3, 0.4) is 0 Å². The molecule has 27 heavy (non-hydrogen) atoms. The topological polar surface area (TPSA) is 98.7 Å². The Morgan fingerprint density at radius 2 is 2.11 bits per heavy atom. The van der Waals surface area contributed by atoms with Crippen molar-refractivity contribution < 1.29 is 22.7 Å². The molecule has 2 atom stereocenters.